The molecule has 1 aliphatic heterocycles. The number of amides is 1. The Hall–Kier alpha value is -3.80. The summed E-state index contributed by atoms with van der Waals surface area (Å²) in [5, 5.41) is 0. The normalized spacial score (nSPS) is 15.8. The van der Waals surface area contributed by atoms with E-state index in [1.54, 1.807) is 7.11 Å². The van der Waals surface area contributed by atoms with Gasteiger partial charge in [0.2, 0.25) is 0 Å². The highest BCUT2D eigenvalue weighted by Gasteiger charge is 2.34. The number of rotatable bonds is 6. The zero-order valence-corrected chi connectivity index (χ0v) is 22.3. The molecule has 1 unspecified atom stereocenters. The Morgan fingerprint density at radius 2 is 1.68 bits per heavy atom. The van der Waals surface area contributed by atoms with E-state index < -0.39 is 0 Å². The molecule has 1 saturated heterocycles. The number of likely N-dealkylation sites (tertiary alicyclic amines) is 1. The number of nitrogens with zero attached hydrogens (tertiary/aromatic N) is 3. The molecule has 3 aromatic carbocycles. The highest BCUT2D eigenvalue weighted by molar-refractivity contribution is 5.97. The van der Waals surface area contributed by atoms with Crippen molar-refractivity contribution in [1.82, 2.24) is 14.5 Å². The van der Waals surface area contributed by atoms with E-state index in [1.165, 1.54) is 0 Å². The lowest BCUT2D eigenvalue weighted by atomic mass is 9.96. The van der Waals surface area contributed by atoms with Crippen molar-refractivity contribution in [2.24, 2.45) is 0 Å². The summed E-state index contributed by atoms with van der Waals surface area (Å²) in [6, 6.07) is 20.0. The third-order valence-electron chi connectivity index (χ3n) is 7.07. The second-order valence-electron chi connectivity index (χ2n) is 10.1. The van der Waals surface area contributed by atoms with Gasteiger partial charge < -0.3 is 14.4 Å². The van der Waals surface area contributed by atoms with Crippen molar-refractivity contribution in [2.75, 3.05) is 13.7 Å². The Bertz CT molecular complexity index is 1400. The van der Waals surface area contributed by atoms with Crippen LogP contribution in [0.4, 0.5) is 0 Å². The first-order valence-corrected chi connectivity index (χ1v) is 13.1. The van der Waals surface area contributed by atoms with Crippen LogP contribution in [0.15, 0.2) is 60.7 Å². The van der Waals surface area contributed by atoms with E-state index in [0.29, 0.717) is 6.54 Å². The fourth-order valence-electron chi connectivity index (χ4n) is 5.46. The maximum absolute atomic E-state index is 14.1. The van der Waals surface area contributed by atoms with E-state index >= 15 is 0 Å². The minimum Gasteiger partial charge on any atom is -0.497 e. The Balaban J connectivity index is 1.59. The lowest BCUT2D eigenvalue weighted by Crippen LogP contribution is -2.40. The number of aryl methyl sites for hydroxylation is 2. The number of benzene rings is 3. The topological polar surface area (TPSA) is 56.6 Å². The monoisotopic (exact) mass is 497 g/mol. The van der Waals surface area contributed by atoms with Gasteiger partial charge in [-0.15, -0.1) is 0 Å². The zero-order valence-electron chi connectivity index (χ0n) is 22.3. The van der Waals surface area contributed by atoms with Crippen molar-refractivity contribution < 1.29 is 14.3 Å². The van der Waals surface area contributed by atoms with Crippen molar-refractivity contribution in [3.05, 3.63) is 83.2 Å². The molecule has 6 nitrogen and oxygen atoms in total. The van der Waals surface area contributed by atoms with E-state index in [0.717, 1.165) is 70.0 Å². The van der Waals surface area contributed by atoms with E-state index in [2.05, 4.69) is 10.6 Å². The third-order valence-corrected chi connectivity index (χ3v) is 7.07. The molecule has 5 rings (SSSR count). The number of fused-ring (bicyclic) bond motifs is 1. The molecule has 0 spiro atoms. The van der Waals surface area contributed by atoms with Gasteiger partial charge in [-0.05, 0) is 107 Å². The summed E-state index contributed by atoms with van der Waals surface area (Å²) in [5.74, 6) is 2.57. The molecule has 4 aromatic rings. The van der Waals surface area contributed by atoms with E-state index in [1.807, 2.05) is 87.2 Å². The standard InChI is InChI=1S/C31H35N3O3/c1-20(2)37-25-18-21(3)29(22(4)19-25)31(35)33-17-9-8-12-28(33)30-32-26-10-6-7-11-27(26)34(30)23-13-15-24(36-5)16-14-23/h6-7,10-11,13-16,18-20,28H,8-9,12,17H2,1-5H3. The van der Waals surface area contributed by atoms with Crippen LogP contribution in [-0.2, 0) is 0 Å². The number of carbonyl (C=O) groups excluding carboxylic acids is 1. The number of methoxy groups -OCH3 is 1. The molecule has 1 aliphatic rings. The number of ether oxygens (including phenoxy) is 2. The summed E-state index contributed by atoms with van der Waals surface area (Å²) in [5.41, 5.74) is 5.60. The van der Waals surface area contributed by atoms with E-state index in [4.69, 9.17) is 14.5 Å². The fraction of sp³-hybridized carbons (Fsp3) is 0.355. The third kappa shape index (κ3) is 4.80. The van der Waals surface area contributed by atoms with Gasteiger partial charge in [0.25, 0.3) is 5.91 Å². The molecule has 1 atom stereocenters. The maximum atomic E-state index is 14.1. The van der Waals surface area contributed by atoms with Gasteiger partial charge in [0.1, 0.15) is 17.3 Å². The van der Waals surface area contributed by atoms with Crippen molar-refractivity contribution >= 4 is 16.9 Å². The summed E-state index contributed by atoms with van der Waals surface area (Å²) < 4.78 is 13.5. The fourth-order valence-corrected chi connectivity index (χ4v) is 5.46. The lowest BCUT2D eigenvalue weighted by Gasteiger charge is -2.36. The highest BCUT2D eigenvalue weighted by Crippen LogP contribution is 2.36. The number of hydrogen-bond donors (Lipinski definition) is 0. The largest absolute Gasteiger partial charge is 0.497 e. The number of aromatic nitrogens is 2. The molecule has 1 amide bonds. The molecular formula is C31H35N3O3. The molecule has 2 heterocycles. The Labute approximate surface area is 218 Å². The molecule has 1 aromatic heterocycles. The van der Waals surface area contributed by atoms with Gasteiger partial charge >= 0.3 is 0 Å². The van der Waals surface area contributed by atoms with Crippen LogP contribution in [0.25, 0.3) is 16.7 Å². The number of piperidine rings is 1. The summed E-state index contributed by atoms with van der Waals surface area (Å²) in [7, 11) is 1.67. The minimum absolute atomic E-state index is 0.0594. The lowest BCUT2D eigenvalue weighted by molar-refractivity contribution is 0.0597. The second kappa shape index (κ2) is 10.3. The summed E-state index contributed by atoms with van der Waals surface area (Å²) in [6.07, 6.45) is 2.99. The van der Waals surface area contributed by atoms with Crippen molar-refractivity contribution in [2.45, 2.75) is 59.1 Å². The molecule has 0 N–H and O–H groups in total. The van der Waals surface area contributed by atoms with Crippen LogP contribution in [0.5, 0.6) is 11.5 Å². The highest BCUT2D eigenvalue weighted by atomic mass is 16.5. The Morgan fingerprint density at radius 1 is 0.973 bits per heavy atom. The predicted octanol–water partition coefficient (Wildman–Crippen LogP) is 6.81. The number of carbonyl (C=O) groups is 1. The molecule has 0 aliphatic carbocycles. The van der Waals surface area contributed by atoms with Crippen LogP contribution in [0.1, 0.15) is 66.5 Å². The first-order valence-electron chi connectivity index (χ1n) is 13.1. The van der Waals surface area contributed by atoms with Gasteiger partial charge in [-0.3, -0.25) is 9.36 Å². The number of para-hydroxylation sites is 2. The second-order valence-corrected chi connectivity index (χ2v) is 10.1. The summed E-state index contributed by atoms with van der Waals surface area (Å²) in [4.78, 5) is 21.3. The summed E-state index contributed by atoms with van der Waals surface area (Å²) >= 11 is 0. The molecule has 37 heavy (non-hydrogen) atoms. The van der Waals surface area contributed by atoms with Crippen LogP contribution in [0.2, 0.25) is 0 Å². The smallest absolute Gasteiger partial charge is 0.255 e. The van der Waals surface area contributed by atoms with E-state index in [9.17, 15) is 4.79 Å². The molecule has 0 radical (unpaired) electrons. The van der Waals surface area contributed by atoms with Crippen LogP contribution in [0.3, 0.4) is 0 Å². The Morgan fingerprint density at radius 3 is 2.35 bits per heavy atom. The quantitative estimate of drug-likeness (QED) is 0.294. The van der Waals surface area contributed by atoms with Crippen LogP contribution >= 0.6 is 0 Å². The molecule has 0 bridgehead atoms. The van der Waals surface area contributed by atoms with Crippen LogP contribution in [0, 0.1) is 13.8 Å². The molecule has 192 valence electrons. The van der Waals surface area contributed by atoms with Gasteiger partial charge in [-0.25, -0.2) is 4.98 Å². The molecule has 1 fully saturated rings. The van der Waals surface area contributed by atoms with Gasteiger partial charge in [-0.1, -0.05) is 12.1 Å². The van der Waals surface area contributed by atoms with Gasteiger partial charge in [0.05, 0.1) is 30.3 Å². The first-order chi connectivity index (χ1) is 17.9. The minimum atomic E-state index is -0.124. The zero-order chi connectivity index (χ0) is 26.1. The van der Waals surface area contributed by atoms with Crippen molar-refractivity contribution in [1.29, 1.82) is 0 Å². The van der Waals surface area contributed by atoms with Gasteiger partial charge in [-0.2, -0.15) is 0 Å². The first kappa shape index (κ1) is 24.9. The van der Waals surface area contributed by atoms with Gasteiger partial charge in [0.15, 0.2) is 0 Å². The van der Waals surface area contributed by atoms with Crippen LogP contribution in [-0.4, -0.2) is 40.1 Å². The van der Waals surface area contributed by atoms with Gasteiger partial charge in [0, 0.05) is 17.8 Å². The van der Waals surface area contributed by atoms with E-state index in [-0.39, 0.29) is 18.1 Å². The number of imidazole rings is 1. The molecular weight excluding hydrogens is 462 g/mol. The van der Waals surface area contributed by atoms with Crippen molar-refractivity contribution in [3.8, 4) is 17.2 Å². The average molecular weight is 498 g/mol. The predicted molar refractivity (Wildman–Crippen MR) is 147 cm³/mol. The Kier molecular flexibility index (Phi) is 6.92. The van der Waals surface area contributed by atoms with Crippen molar-refractivity contribution in [3.63, 3.8) is 0 Å². The molecule has 6 heteroatoms. The SMILES string of the molecule is COc1ccc(-n2c(C3CCCCN3C(=O)c3c(C)cc(OC(C)C)cc3C)nc3ccccc32)cc1. The maximum Gasteiger partial charge on any atom is 0.255 e. The average Bonchev–Trinajstić information content (AvgIpc) is 3.27. The molecule has 0 saturated carbocycles. The number of hydrogen-bond acceptors (Lipinski definition) is 4. The summed E-state index contributed by atoms with van der Waals surface area (Å²) in [6.45, 7) is 8.73. The van der Waals surface area contributed by atoms with Crippen LogP contribution < -0.4 is 9.47 Å².